The summed E-state index contributed by atoms with van der Waals surface area (Å²) in [6.07, 6.45) is 0.293. The molecule has 0 radical (unpaired) electrons. The quantitative estimate of drug-likeness (QED) is 0.871. The lowest BCUT2D eigenvalue weighted by atomic mass is 10.1. The number of benzene rings is 1. The lowest BCUT2D eigenvalue weighted by Crippen LogP contribution is -2.36. The molecule has 1 N–H and O–H groups in total. The molecule has 20 heavy (non-hydrogen) atoms. The first kappa shape index (κ1) is 14.4. The molecular weight excluding hydrogens is 256 g/mol. The molecule has 1 atom stereocenters. The first-order valence-corrected chi connectivity index (χ1v) is 6.78. The highest BCUT2D eigenvalue weighted by molar-refractivity contribution is 5.89. The van der Waals surface area contributed by atoms with Gasteiger partial charge in [-0.05, 0) is 18.6 Å². The summed E-state index contributed by atoms with van der Waals surface area (Å²) in [5.74, 6) is 0.557. The Morgan fingerprint density at radius 3 is 2.85 bits per heavy atom. The maximum Gasteiger partial charge on any atom is 0.227 e. The minimum Gasteiger partial charge on any atom is -0.491 e. The number of nitrogens with zero attached hydrogens (tertiary/aromatic N) is 1. The molecule has 1 aliphatic rings. The van der Waals surface area contributed by atoms with Gasteiger partial charge in [0.25, 0.3) is 0 Å². The number of hydrogen-bond acceptors (Lipinski definition) is 3. The summed E-state index contributed by atoms with van der Waals surface area (Å²) in [5, 5.41) is 2.68. The van der Waals surface area contributed by atoms with Crippen LogP contribution in [-0.4, -0.2) is 43.5 Å². The SMILES string of the molecule is Cc1ccccc1OCCN(C)C(=O)C1CNC(=O)C1. The molecule has 0 aliphatic carbocycles. The van der Waals surface area contributed by atoms with E-state index in [0.717, 1.165) is 11.3 Å². The molecule has 108 valence electrons. The van der Waals surface area contributed by atoms with E-state index in [1.54, 1.807) is 11.9 Å². The fourth-order valence-corrected chi connectivity index (χ4v) is 2.21. The molecule has 2 rings (SSSR count). The number of rotatable bonds is 5. The Kier molecular flexibility index (Phi) is 4.61. The molecule has 1 aromatic rings. The Morgan fingerprint density at radius 1 is 1.45 bits per heavy atom. The maximum absolute atomic E-state index is 12.1. The van der Waals surface area contributed by atoms with Crippen LogP contribution in [0, 0.1) is 12.8 Å². The van der Waals surface area contributed by atoms with Crippen LogP contribution in [0.25, 0.3) is 0 Å². The van der Waals surface area contributed by atoms with Crippen LogP contribution < -0.4 is 10.1 Å². The third-order valence-electron chi connectivity index (χ3n) is 3.48. The van der Waals surface area contributed by atoms with E-state index in [2.05, 4.69) is 5.32 Å². The smallest absolute Gasteiger partial charge is 0.227 e. The van der Waals surface area contributed by atoms with Gasteiger partial charge in [-0.25, -0.2) is 0 Å². The molecule has 1 saturated heterocycles. The van der Waals surface area contributed by atoms with E-state index in [4.69, 9.17) is 4.74 Å². The van der Waals surface area contributed by atoms with Crippen LogP contribution in [0.5, 0.6) is 5.75 Å². The zero-order valence-corrected chi connectivity index (χ0v) is 11.9. The molecule has 0 saturated carbocycles. The maximum atomic E-state index is 12.1. The van der Waals surface area contributed by atoms with E-state index >= 15 is 0 Å². The number of hydrogen-bond donors (Lipinski definition) is 1. The van der Waals surface area contributed by atoms with Crippen molar-refractivity contribution in [2.24, 2.45) is 5.92 Å². The zero-order valence-electron chi connectivity index (χ0n) is 11.9. The summed E-state index contributed by atoms with van der Waals surface area (Å²) in [5.41, 5.74) is 1.08. The van der Waals surface area contributed by atoms with Crippen LogP contribution in [0.15, 0.2) is 24.3 Å². The van der Waals surface area contributed by atoms with Gasteiger partial charge in [-0.15, -0.1) is 0 Å². The number of aryl methyl sites for hydroxylation is 1. The predicted molar refractivity (Wildman–Crippen MR) is 75.4 cm³/mol. The third kappa shape index (κ3) is 3.50. The minimum absolute atomic E-state index is 0.00302. The number of amides is 2. The van der Waals surface area contributed by atoms with E-state index in [-0.39, 0.29) is 17.7 Å². The van der Waals surface area contributed by atoms with E-state index < -0.39 is 0 Å². The van der Waals surface area contributed by atoms with E-state index in [1.165, 1.54) is 0 Å². The van der Waals surface area contributed by atoms with Crippen LogP contribution in [0.1, 0.15) is 12.0 Å². The van der Waals surface area contributed by atoms with Gasteiger partial charge in [-0.3, -0.25) is 9.59 Å². The van der Waals surface area contributed by atoms with Gasteiger partial charge >= 0.3 is 0 Å². The number of likely N-dealkylation sites (N-methyl/N-ethyl adjacent to an activating group) is 1. The average molecular weight is 276 g/mol. The fraction of sp³-hybridized carbons (Fsp3) is 0.467. The van der Waals surface area contributed by atoms with Crippen molar-refractivity contribution in [3.63, 3.8) is 0 Å². The second-order valence-corrected chi connectivity index (χ2v) is 5.08. The molecule has 5 heteroatoms. The third-order valence-corrected chi connectivity index (χ3v) is 3.48. The van der Waals surface area contributed by atoms with Crippen LogP contribution in [0.2, 0.25) is 0 Å². The van der Waals surface area contributed by atoms with Crippen molar-refractivity contribution < 1.29 is 14.3 Å². The Labute approximate surface area is 118 Å². The fourth-order valence-electron chi connectivity index (χ4n) is 2.21. The highest BCUT2D eigenvalue weighted by atomic mass is 16.5. The Hall–Kier alpha value is -2.04. The largest absolute Gasteiger partial charge is 0.491 e. The normalized spacial score (nSPS) is 17.7. The number of carbonyl (C=O) groups is 2. The first-order chi connectivity index (χ1) is 9.58. The van der Waals surface area contributed by atoms with Crippen molar-refractivity contribution in [3.8, 4) is 5.75 Å². The first-order valence-electron chi connectivity index (χ1n) is 6.78. The summed E-state index contributed by atoms with van der Waals surface area (Å²) >= 11 is 0. The highest BCUT2D eigenvalue weighted by Crippen LogP contribution is 2.16. The monoisotopic (exact) mass is 276 g/mol. The van der Waals surface area contributed by atoms with Crippen LogP contribution >= 0.6 is 0 Å². The van der Waals surface area contributed by atoms with Crippen LogP contribution in [0.4, 0.5) is 0 Å². The molecule has 0 spiro atoms. The van der Waals surface area contributed by atoms with Gasteiger partial charge in [-0.1, -0.05) is 18.2 Å². The molecule has 1 aliphatic heterocycles. The molecule has 1 aromatic carbocycles. The van der Waals surface area contributed by atoms with Crippen molar-refractivity contribution in [2.75, 3.05) is 26.7 Å². The summed E-state index contributed by atoms with van der Waals surface area (Å²) in [6, 6.07) is 7.78. The Balaban J connectivity index is 1.78. The lowest BCUT2D eigenvalue weighted by molar-refractivity contribution is -0.134. The number of ether oxygens (including phenoxy) is 1. The summed E-state index contributed by atoms with van der Waals surface area (Å²) in [6.45, 7) is 3.39. The number of para-hydroxylation sites is 1. The standard InChI is InChI=1S/C15H20N2O3/c1-11-5-3-4-6-13(11)20-8-7-17(2)15(19)12-9-14(18)16-10-12/h3-6,12H,7-10H2,1-2H3,(H,16,18). The summed E-state index contributed by atoms with van der Waals surface area (Å²) in [4.78, 5) is 24.8. The molecular formula is C15H20N2O3. The lowest BCUT2D eigenvalue weighted by Gasteiger charge is -2.20. The molecule has 1 fully saturated rings. The molecule has 1 heterocycles. The van der Waals surface area contributed by atoms with Gasteiger partial charge in [0.05, 0.1) is 12.5 Å². The van der Waals surface area contributed by atoms with Gasteiger partial charge < -0.3 is 15.0 Å². The number of carbonyl (C=O) groups excluding carboxylic acids is 2. The van der Waals surface area contributed by atoms with Gasteiger partial charge in [0.15, 0.2) is 0 Å². The van der Waals surface area contributed by atoms with E-state index in [1.807, 2.05) is 31.2 Å². The van der Waals surface area contributed by atoms with E-state index in [0.29, 0.717) is 26.1 Å². The summed E-state index contributed by atoms with van der Waals surface area (Å²) in [7, 11) is 1.74. The predicted octanol–water partition coefficient (Wildman–Crippen LogP) is 0.968. The van der Waals surface area contributed by atoms with Gasteiger partial charge in [0.1, 0.15) is 12.4 Å². The Morgan fingerprint density at radius 2 is 2.20 bits per heavy atom. The van der Waals surface area contributed by atoms with E-state index in [9.17, 15) is 9.59 Å². The van der Waals surface area contributed by atoms with Crippen molar-refractivity contribution in [1.82, 2.24) is 10.2 Å². The van der Waals surface area contributed by atoms with Crippen LogP contribution in [0.3, 0.4) is 0 Å². The van der Waals surface area contributed by atoms with Crippen molar-refractivity contribution in [3.05, 3.63) is 29.8 Å². The van der Waals surface area contributed by atoms with Crippen molar-refractivity contribution in [2.45, 2.75) is 13.3 Å². The second-order valence-electron chi connectivity index (χ2n) is 5.08. The van der Waals surface area contributed by atoms with Crippen molar-refractivity contribution in [1.29, 1.82) is 0 Å². The molecule has 5 nitrogen and oxygen atoms in total. The molecule has 0 aromatic heterocycles. The second kappa shape index (κ2) is 6.41. The van der Waals surface area contributed by atoms with Crippen LogP contribution in [-0.2, 0) is 9.59 Å². The minimum atomic E-state index is -0.231. The zero-order chi connectivity index (χ0) is 14.5. The van der Waals surface area contributed by atoms with Gasteiger partial charge in [0, 0.05) is 20.0 Å². The Bertz CT molecular complexity index is 502. The molecule has 2 amide bonds. The van der Waals surface area contributed by atoms with Gasteiger partial charge in [-0.2, -0.15) is 0 Å². The average Bonchev–Trinajstić information content (AvgIpc) is 2.86. The molecule has 1 unspecified atom stereocenters. The topological polar surface area (TPSA) is 58.6 Å². The summed E-state index contributed by atoms with van der Waals surface area (Å²) < 4.78 is 5.66. The van der Waals surface area contributed by atoms with Crippen molar-refractivity contribution >= 4 is 11.8 Å². The van der Waals surface area contributed by atoms with Gasteiger partial charge in [0.2, 0.25) is 11.8 Å². The highest BCUT2D eigenvalue weighted by Gasteiger charge is 2.29. The molecule has 0 bridgehead atoms. The number of nitrogens with one attached hydrogen (secondary N) is 1.